The molecular formula is C16H22O4. The van der Waals surface area contributed by atoms with E-state index >= 15 is 0 Å². The summed E-state index contributed by atoms with van der Waals surface area (Å²) in [6.45, 7) is 2.09. The van der Waals surface area contributed by atoms with Gasteiger partial charge in [0, 0.05) is 0 Å². The van der Waals surface area contributed by atoms with Crippen molar-refractivity contribution in [2.24, 2.45) is 5.92 Å². The summed E-state index contributed by atoms with van der Waals surface area (Å²) in [6.07, 6.45) is 5.22. The monoisotopic (exact) mass is 278 g/mol. The molecule has 0 saturated heterocycles. The minimum Gasteiger partial charge on any atom is -0.491 e. The molecule has 0 aliphatic heterocycles. The zero-order valence-corrected chi connectivity index (χ0v) is 11.8. The molecule has 0 radical (unpaired) electrons. The van der Waals surface area contributed by atoms with Crippen molar-refractivity contribution >= 4 is 5.97 Å². The van der Waals surface area contributed by atoms with Crippen LogP contribution in [0.5, 0.6) is 5.75 Å². The number of carboxylic acids is 1. The first-order valence-electron chi connectivity index (χ1n) is 7.21. The van der Waals surface area contributed by atoms with Crippen molar-refractivity contribution in [1.82, 2.24) is 0 Å². The summed E-state index contributed by atoms with van der Waals surface area (Å²) in [5.41, 5.74) is 1.08. The van der Waals surface area contributed by atoms with Gasteiger partial charge in [-0.15, -0.1) is 0 Å². The van der Waals surface area contributed by atoms with Crippen LogP contribution < -0.4 is 4.74 Å². The van der Waals surface area contributed by atoms with E-state index in [1.807, 2.05) is 6.92 Å². The molecule has 1 aliphatic carbocycles. The van der Waals surface area contributed by atoms with Crippen molar-refractivity contribution in [1.29, 1.82) is 0 Å². The first kappa shape index (κ1) is 14.9. The maximum Gasteiger partial charge on any atom is 0.335 e. The number of carbonyl (C=O) groups is 1. The number of aliphatic hydroxyl groups is 1. The smallest absolute Gasteiger partial charge is 0.335 e. The molecule has 4 nitrogen and oxygen atoms in total. The van der Waals surface area contributed by atoms with Gasteiger partial charge in [-0.1, -0.05) is 31.7 Å². The summed E-state index contributed by atoms with van der Waals surface area (Å²) in [5.74, 6) is 0.178. The Morgan fingerprint density at radius 2 is 2.10 bits per heavy atom. The fourth-order valence-electron chi connectivity index (χ4n) is 2.77. The van der Waals surface area contributed by atoms with E-state index in [-0.39, 0.29) is 12.2 Å². The Bertz CT molecular complexity index is 464. The van der Waals surface area contributed by atoms with E-state index in [0.717, 1.165) is 12.0 Å². The lowest BCUT2D eigenvalue weighted by Crippen LogP contribution is -2.20. The van der Waals surface area contributed by atoms with Gasteiger partial charge in [-0.05, 0) is 37.0 Å². The Morgan fingerprint density at radius 3 is 2.75 bits per heavy atom. The highest BCUT2D eigenvalue weighted by molar-refractivity contribution is 5.88. The molecule has 2 rings (SSSR count). The normalized spacial score (nSPS) is 17.1. The van der Waals surface area contributed by atoms with Crippen molar-refractivity contribution in [3.63, 3.8) is 0 Å². The Hall–Kier alpha value is -1.55. The van der Waals surface area contributed by atoms with Gasteiger partial charge in [0.25, 0.3) is 0 Å². The molecular weight excluding hydrogens is 256 g/mol. The molecule has 20 heavy (non-hydrogen) atoms. The van der Waals surface area contributed by atoms with Gasteiger partial charge in [-0.3, -0.25) is 0 Å². The van der Waals surface area contributed by atoms with Crippen LogP contribution >= 0.6 is 0 Å². The Kier molecular flexibility index (Phi) is 5.01. The van der Waals surface area contributed by atoms with Crippen molar-refractivity contribution in [3.05, 3.63) is 29.3 Å². The highest BCUT2D eigenvalue weighted by Crippen LogP contribution is 2.29. The lowest BCUT2D eigenvalue weighted by Gasteiger charge is -2.17. The van der Waals surface area contributed by atoms with Gasteiger partial charge in [-0.2, -0.15) is 0 Å². The van der Waals surface area contributed by atoms with E-state index in [2.05, 4.69) is 0 Å². The van der Waals surface area contributed by atoms with Gasteiger partial charge in [0.2, 0.25) is 0 Å². The lowest BCUT2D eigenvalue weighted by molar-refractivity contribution is 0.0695. The van der Waals surface area contributed by atoms with Crippen LogP contribution in [-0.4, -0.2) is 28.9 Å². The molecule has 1 aromatic carbocycles. The van der Waals surface area contributed by atoms with Crippen molar-refractivity contribution in [3.8, 4) is 5.75 Å². The van der Waals surface area contributed by atoms with Crippen LogP contribution in [0.3, 0.4) is 0 Å². The number of ether oxygens (including phenoxy) is 1. The van der Waals surface area contributed by atoms with Crippen molar-refractivity contribution in [2.45, 2.75) is 45.1 Å². The standard InChI is InChI=1S/C16H22O4/c1-11-6-7-13(16(18)19)9-15(11)20-10-14(17)8-12-4-2-3-5-12/h6-7,9,12,14,17H,2-5,8,10H2,1H3,(H,18,19). The molecule has 0 aromatic heterocycles. The molecule has 2 N–H and O–H groups in total. The first-order valence-corrected chi connectivity index (χ1v) is 7.21. The minimum absolute atomic E-state index is 0.205. The van der Waals surface area contributed by atoms with Crippen LogP contribution in [0, 0.1) is 12.8 Å². The number of benzene rings is 1. The highest BCUT2D eigenvalue weighted by Gasteiger charge is 2.19. The molecule has 1 aromatic rings. The molecule has 1 unspecified atom stereocenters. The van der Waals surface area contributed by atoms with Crippen LogP contribution in [0.4, 0.5) is 0 Å². The second kappa shape index (κ2) is 6.75. The van der Waals surface area contributed by atoms with Gasteiger partial charge in [0.05, 0.1) is 11.7 Å². The van der Waals surface area contributed by atoms with E-state index in [1.165, 1.54) is 31.7 Å². The lowest BCUT2D eigenvalue weighted by atomic mass is 10.0. The third-order valence-electron chi connectivity index (χ3n) is 3.95. The fraction of sp³-hybridized carbons (Fsp3) is 0.562. The zero-order valence-electron chi connectivity index (χ0n) is 11.8. The maximum absolute atomic E-state index is 10.9. The largest absolute Gasteiger partial charge is 0.491 e. The summed E-state index contributed by atoms with van der Waals surface area (Å²) in [6, 6.07) is 4.79. The SMILES string of the molecule is Cc1ccc(C(=O)O)cc1OCC(O)CC1CCCC1. The molecule has 1 saturated carbocycles. The molecule has 4 heteroatoms. The Balaban J connectivity index is 1.89. The fourth-order valence-corrected chi connectivity index (χ4v) is 2.77. The van der Waals surface area contributed by atoms with Gasteiger partial charge < -0.3 is 14.9 Å². The molecule has 1 fully saturated rings. The van der Waals surface area contributed by atoms with E-state index in [4.69, 9.17) is 9.84 Å². The molecule has 1 atom stereocenters. The van der Waals surface area contributed by atoms with Gasteiger partial charge in [0.1, 0.15) is 12.4 Å². The van der Waals surface area contributed by atoms with E-state index in [0.29, 0.717) is 11.7 Å². The first-order chi connectivity index (χ1) is 9.56. The average molecular weight is 278 g/mol. The van der Waals surface area contributed by atoms with Gasteiger partial charge in [-0.25, -0.2) is 4.79 Å². The van der Waals surface area contributed by atoms with Crippen molar-refractivity contribution in [2.75, 3.05) is 6.61 Å². The van der Waals surface area contributed by atoms with Gasteiger partial charge >= 0.3 is 5.97 Å². The number of aliphatic hydroxyl groups excluding tert-OH is 1. The molecule has 110 valence electrons. The molecule has 1 aliphatic rings. The third-order valence-corrected chi connectivity index (χ3v) is 3.95. The predicted molar refractivity (Wildman–Crippen MR) is 76.2 cm³/mol. The second-order valence-electron chi connectivity index (χ2n) is 5.64. The zero-order chi connectivity index (χ0) is 14.5. The Labute approximate surface area is 119 Å². The topological polar surface area (TPSA) is 66.8 Å². The van der Waals surface area contributed by atoms with Crippen LogP contribution in [0.1, 0.15) is 48.0 Å². The summed E-state index contributed by atoms with van der Waals surface area (Å²) in [5, 5.41) is 19.0. The maximum atomic E-state index is 10.9. The van der Waals surface area contributed by atoms with Crippen LogP contribution in [0.25, 0.3) is 0 Å². The van der Waals surface area contributed by atoms with Crippen molar-refractivity contribution < 1.29 is 19.7 Å². The molecule has 0 amide bonds. The summed E-state index contributed by atoms with van der Waals surface area (Å²) in [4.78, 5) is 10.9. The van der Waals surface area contributed by atoms with E-state index in [1.54, 1.807) is 12.1 Å². The highest BCUT2D eigenvalue weighted by atomic mass is 16.5. The Morgan fingerprint density at radius 1 is 1.40 bits per heavy atom. The van der Waals surface area contributed by atoms with Crippen LogP contribution in [0.15, 0.2) is 18.2 Å². The molecule has 0 bridgehead atoms. The quantitative estimate of drug-likeness (QED) is 0.839. The number of aryl methyl sites for hydroxylation is 1. The molecule has 0 heterocycles. The predicted octanol–water partition coefficient (Wildman–Crippen LogP) is 3.01. The summed E-state index contributed by atoms with van der Waals surface area (Å²) in [7, 11) is 0. The minimum atomic E-state index is -0.971. The number of rotatable bonds is 6. The summed E-state index contributed by atoms with van der Waals surface area (Å²) < 4.78 is 5.59. The number of hydrogen-bond acceptors (Lipinski definition) is 3. The third kappa shape index (κ3) is 3.97. The number of hydrogen-bond donors (Lipinski definition) is 2. The van der Waals surface area contributed by atoms with Crippen LogP contribution in [0.2, 0.25) is 0 Å². The number of aromatic carboxylic acids is 1. The summed E-state index contributed by atoms with van der Waals surface area (Å²) >= 11 is 0. The van der Waals surface area contributed by atoms with E-state index in [9.17, 15) is 9.90 Å². The number of carboxylic acid groups (broad SMARTS) is 1. The van der Waals surface area contributed by atoms with Gasteiger partial charge in [0.15, 0.2) is 0 Å². The second-order valence-corrected chi connectivity index (χ2v) is 5.64. The average Bonchev–Trinajstić information content (AvgIpc) is 2.90. The van der Waals surface area contributed by atoms with Crippen LogP contribution in [-0.2, 0) is 0 Å². The molecule has 0 spiro atoms. The van der Waals surface area contributed by atoms with E-state index < -0.39 is 12.1 Å².